The minimum Gasteiger partial charge on any atom is -0.393 e. The minimum absolute atomic E-state index is 0.00803. The molecule has 12 nitrogen and oxygen atoms in total. The molecule has 0 aromatic carbocycles. The normalized spacial score (nSPS) is 37.4. The lowest BCUT2D eigenvalue weighted by atomic mass is 9.81. The first-order valence-corrected chi connectivity index (χ1v) is 14.0. The molecule has 10 N–H and O–H groups in total. The van der Waals surface area contributed by atoms with E-state index in [1.165, 1.54) is 0 Å². The molecule has 0 spiro atoms. The van der Waals surface area contributed by atoms with Crippen LogP contribution in [0.1, 0.15) is 60.3 Å². The maximum atomic E-state index is 13.2. The molecule has 12 heteroatoms. The van der Waals surface area contributed by atoms with E-state index >= 15 is 0 Å². The number of rotatable bonds is 13. The summed E-state index contributed by atoms with van der Waals surface area (Å²) >= 11 is 0. The second kappa shape index (κ2) is 15.2. The lowest BCUT2D eigenvalue weighted by molar-refractivity contribution is -0.307. The van der Waals surface area contributed by atoms with E-state index < -0.39 is 72.7 Å². The van der Waals surface area contributed by atoms with Crippen LogP contribution in [-0.4, -0.2) is 105 Å². The maximum Gasteiger partial charge on any atom is 0.228 e. The van der Waals surface area contributed by atoms with Crippen LogP contribution >= 0.6 is 0 Å². The average Bonchev–Trinajstić information content (AvgIpc) is 2.83. The Kier molecular flexibility index (Phi) is 13.2. The fourth-order valence-electron chi connectivity index (χ4n) is 4.88. The molecule has 0 aliphatic carbocycles. The zero-order valence-electron chi connectivity index (χ0n) is 23.8. The minimum atomic E-state index is -1.88. The molecule has 2 aliphatic heterocycles. The van der Waals surface area contributed by atoms with Crippen LogP contribution in [0.3, 0.4) is 0 Å². The van der Waals surface area contributed by atoms with Crippen LogP contribution in [0.2, 0.25) is 0 Å². The topological polar surface area (TPSA) is 210 Å². The summed E-state index contributed by atoms with van der Waals surface area (Å²) in [5, 5.41) is 56.4. The van der Waals surface area contributed by atoms with Crippen molar-refractivity contribution in [3.63, 3.8) is 0 Å². The fraction of sp³-hybridized carbons (Fsp3) is 0.889. The van der Waals surface area contributed by atoms with E-state index in [1.807, 2.05) is 19.9 Å². The van der Waals surface area contributed by atoms with E-state index in [9.17, 15) is 30.3 Å². The van der Waals surface area contributed by atoms with Crippen molar-refractivity contribution in [1.29, 1.82) is 0 Å². The molecule has 11 atom stereocenters. The molecule has 1 amide bonds. The molecule has 2 saturated heterocycles. The SMILES string of the molecule is CC(C)/C=C/[C@@H](C[C@@H]1O[C@](O)(C[C@@H](O)C(C)C)C[C@H](O)[C@H]1C(=O)NCCCN)OC1OC(C)C(O)C(N)C1O. The number of allylic oxidation sites excluding steroid dienone is 1. The number of carbonyl (C=O) groups excluding carboxylic acids is 1. The molecule has 0 saturated carbocycles. The van der Waals surface area contributed by atoms with Gasteiger partial charge in [0.05, 0.1) is 48.6 Å². The van der Waals surface area contributed by atoms with Gasteiger partial charge in [0, 0.05) is 25.8 Å². The molecule has 2 fully saturated rings. The smallest absolute Gasteiger partial charge is 0.228 e. The van der Waals surface area contributed by atoms with Gasteiger partial charge in [-0.3, -0.25) is 4.79 Å². The van der Waals surface area contributed by atoms with Crippen molar-refractivity contribution in [2.75, 3.05) is 13.1 Å². The first kappa shape index (κ1) is 34.0. The largest absolute Gasteiger partial charge is 0.393 e. The number of carbonyl (C=O) groups is 1. The highest BCUT2D eigenvalue weighted by atomic mass is 16.7. The van der Waals surface area contributed by atoms with Crippen LogP contribution in [0, 0.1) is 17.8 Å². The van der Waals surface area contributed by atoms with Gasteiger partial charge in [0.15, 0.2) is 12.1 Å². The number of nitrogens with one attached hydrogen (secondary N) is 1. The van der Waals surface area contributed by atoms with Gasteiger partial charge in [0.1, 0.15) is 6.10 Å². The summed E-state index contributed by atoms with van der Waals surface area (Å²) < 4.78 is 17.9. The number of aliphatic hydroxyl groups excluding tert-OH is 4. The van der Waals surface area contributed by atoms with E-state index in [1.54, 1.807) is 26.8 Å². The van der Waals surface area contributed by atoms with Gasteiger partial charge >= 0.3 is 0 Å². The molecule has 0 aromatic rings. The van der Waals surface area contributed by atoms with Gasteiger partial charge in [0.2, 0.25) is 5.91 Å². The third kappa shape index (κ3) is 9.70. The second-order valence-corrected chi connectivity index (χ2v) is 11.7. The zero-order valence-corrected chi connectivity index (χ0v) is 23.8. The Morgan fingerprint density at radius 1 is 1.18 bits per heavy atom. The van der Waals surface area contributed by atoms with Crippen molar-refractivity contribution in [1.82, 2.24) is 5.32 Å². The molecule has 2 aliphatic rings. The van der Waals surface area contributed by atoms with Gasteiger partial charge in [-0.25, -0.2) is 0 Å². The first-order chi connectivity index (χ1) is 18.2. The highest BCUT2D eigenvalue weighted by Crippen LogP contribution is 2.38. The van der Waals surface area contributed by atoms with Gasteiger partial charge in [-0.1, -0.05) is 39.8 Å². The van der Waals surface area contributed by atoms with E-state index in [0.717, 1.165) is 0 Å². The predicted octanol–water partition coefficient (Wildman–Crippen LogP) is -0.906. The van der Waals surface area contributed by atoms with Crippen LogP contribution in [0.4, 0.5) is 0 Å². The third-order valence-corrected chi connectivity index (χ3v) is 7.38. The molecule has 0 bridgehead atoms. The predicted molar refractivity (Wildman–Crippen MR) is 144 cm³/mol. The molecule has 2 heterocycles. The van der Waals surface area contributed by atoms with E-state index in [0.29, 0.717) is 19.5 Å². The standard InChI is InChI=1S/C27H51N3O9/c1-14(2)7-8-17(38-26-24(34)22(29)23(33)16(5)37-26)11-20-21(25(35)30-10-6-9-28)19(32)13-27(36,39-20)12-18(31)15(3)4/h7-8,14-24,26,31-34,36H,6,9-13,28-29H2,1-5H3,(H,30,35)/b8-7+/t16?,17-,18+,19-,20-,21+,22?,23?,24?,26?,27+/m0/s1. The van der Waals surface area contributed by atoms with Crippen molar-refractivity contribution in [2.45, 2.75) is 121 Å². The number of ether oxygens (including phenoxy) is 3. The lowest BCUT2D eigenvalue weighted by Gasteiger charge is -2.46. The number of nitrogens with two attached hydrogens (primary N) is 2. The van der Waals surface area contributed by atoms with Gasteiger partial charge < -0.3 is 56.5 Å². The van der Waals surface area contributed by atoms with Crippen molar-refractivity contribution in [3.05, 3.63) is 12.2 Å². The van der Waals surface area contributed by atoms with Crippen molar-refractivity contribution in [2.24, 2.45) is 29.2 Å². The third-order valence-electron chi connectivity index (χ3n) is 7.38. The van der Waals surface area contributed by atoms with Gasteiger partial charge in [-0.2, -0.15) is 0 Å². The lowest BCUT2D eigenvalue weighted by Crippen LogP contribution is -2.62. The van der Waals surface area contributed by atoms with Crippen molar-refractivity contribution in [3.8, 4) is 0 Å². The Morgan fingerprint density at radius 3 is 2.44 bits per heavy atom. The number of hydrogen-bond donors (Lipinski definition) is 8. The molecule has 39 heavy (non-hydrogen) atoms. The molecular weight excluding hydrogens is 510 g/mol. The zero-order chi connectivity index (χ0) is 29.5. The highest BCUT2D eigenvalue weighted by Gasteiger charge is 2.50. The summed E-state index contributed by atoms with van der Waals surface area (Å²) in [7, 11) is 0. The van der Waals surface area contributed by atoms with Gasteiger partial charge in [0.25, 0.3) is 0 Å². The number of aliphatic hydroxyl groups is 5. The summed E-state index contributed by atoms with van der Waals surface area (Å²) in [6.45, 7) is 9.86. The first-order valence-electron chi connectivity index (χ1n) is 14.0. The van der Waals surface area contributed by atoms with Crippen LogP contribution in [0.5, 0.6) is 0 Å². The molecule has 228 valence electrons. The molecule has 0 radical (unpaired) electrons. The van der Waals surface area contributed by atoms with Crippen LogP contribution in [0.25, 0.3) is 0 Å². The Morgan fingerprint density at radius 2 is 1.85 bits per heavy atom. The van der Waals surface area contributed by atoms with E-state index in [4.69, 9.17) is 25.7 Å². The van der Waals surface area contributed by atoms with E-state index in [2.05, 4.69) is 5.32 Å². The average molecular weight is 562 g/mol. The van der Waals surface area contributed by atoms with Crippen LogP contribution < -0.4 is 16.8 Å². The van der Waals surface area contributed by atoms with Gasteiger partial charge in [-0.15, -0.1) is 0 Å². The quantitative estimate of drug-likeness (QED) is 0.102. The Labute approximate surface area is 231 Å². The second-order valence-electron chi connectivity index (χ2n) is 11.7. The fourth-order valence-corrected chi connectivity index (χ4v) is 4.88. The summed E-state index contributed by atoms with van der Waals surface area (Å²) in [6, 6.07) is -0.995. The highest BCUT2D eigenvalue weighted by molar-refractivity contribution is 5.80. The van der Waals surface area contributed by atoms with Crippen LogP contribution in [-0.2, 0) is 19.0 Å². The molecular formula is C27H51N3O9. The monoisotopic (exact) mass is 561 g/mol. The Bertz CT molecular complexity index is 786. The molecule has 5 unspecified atom stereocenters. The van der Waals surface area contributed by atoms with Crippen molar-refractivity contribution >= 4 is 5.91 Å². The summed E-state index contributed by atoms with van der Waals surface area (Å²) in [6.07, 6.45) is -4.46. The van der Waals surface area contributed by atoms with Crippen molar-refractivity contribution < 1.29 is 44.5 Å². The van der Waals surface area contributed by atoms with Crippen LogP contribution in [0.15, 0.2) is 12.2 Å². The number of hydrogen-bond acceptors (Lipinski definition) is 11. The molecule has 0 aromatic heterocycles. The molecule has 2 rings (SSSR count). The maximum absolute atomic E-state index is 13.2. The number of amides is 1. The van der Waals surface area contributed by atoms with E-state index in [-0.39, 0.29) is 31.1 Å². The Balaban J connectivity index is 2.34. The van der Waals surface area contributed by atoms with Gasteiger partial charge in [-0.05, 0) is 31.7 Å². The summed E-state index contributed by atoms with van der Waals surface area (Å²) in [5.41, 5.74) is 11.5. The summed E-state index contributed by atoms with van der Waals surface area (Å²) in [4.78, 5) is 13.2. The summed E-state index contributed by atoms with van der Waals surface area (Å²) in [5.74, 6) is -3.40. The Hall–Kier alpha value is -1.19.